The van der Waals surface area contributed by atoms with Gasteiger partial charge in [-0.05, 0) is 17.7 Å². The van der Waals surface area contributed by atoms with Crippen LogP contribution in [0.5, 0.6) is 0 Å². The Balaban J connectivity index is 1.35. The molecule has 1 saturated heterocycles. The average molecular weight is 430 g/mol. The first-order valence-corrected chi connectivity index (χ1v) is 9.96. The van der Waals surface area contributed by atoms with Gasteiger partial charge in [0.15, 0.2) is 0 Å². The fourth-order valence-corrected chi connectivity index (χ4v) is 3.29. The highest BCUT2D eigenvalue weighted by Gasteiger charge is 2.21. The van der Waals surface area contributed by atoms with Gasteiger partial charge in [0.2, 0.25) is 11.8 Å². The molecule has 9 heteroatoms. The number of benzene rings is 2. The smallest absolute Gasteiger partial charge is 0.251 e. The van der Waals surface area contributed by atoms with E-state index < -0.39 is 30.0 Å². The van der Waals surface area contributed by atoms with Crippen LogP contribution in [-0.4, -0.2) is 66.8 Å². The number of piperazine rings is 1. The standard InChI is InChI=1S/C22H24F2N4O3/c23-18-10-17(11-19(24)12-18)22(31)26-13-20(29)25-14-21(30)28-8-6-27(7-9-28)15-16-4-2-1-3-5-16/h1-5,10-12H,6-9,13-15H2,(H,25,29)(H,26,31). The van der Waals surface area contributed by atoms with Crippen LogP contribution in [0.15, 0.2) is 48.5 Å². The molecule has 1 fully saturated rings. The van der Waals surface area contributed by atoms with E-state index in [0.29, 0.717) is 19.2 Å². The second-order valence-corrected chi connectivity index (χ2v) is 7.26. The summed E-state index contributed by atoms with van der Waals surface area (Å²) in [6.07, 6.45) is 0. The predicted molar refractivity (Wildman–Crippen MR) is 110 cm³/mol. The molecular formula is C22H24F2N4O3. The summed E-state index contributed by atoms with van der Waals surface area (Å²) in [6.45, 7) is 2.88. The summed E-state index contributed by atoms with van der Waals surface area (Å²) in [5.41, 5.74) is 0.993. The van der Waals surface area contributed by atoms with Crippen molar-refractivity contribution >= 4 is 17.7 Å². The number of rotatable bonds is 7. The van der Waals surface area contributed by atoms with Gasteiger partial charge in [-0.3, -0.25) is 19.3 Å². The number of carbonyl (C=O) groups is 3. The maximum absolute atomic E-state index is 13.2. The van der Waals surface area contributed by atoms with E-state index in [2.05, 4.69) is 27.7 Å². The van der Waals surface area contributed by atoms with Crippen molar-refractivity contribution in [2.24, 2.45) is 0 Å². The first-order valence-electron chi connectivity index (χ1n) is 9.96. The minimum Gasteiger partial charge on any atom is -0.345 e. The third-order valence-corrected chi connectivity index (χ3v) is 4.95. The molecular weight excluding hydrogens is 406 g/mol. The lowest BCUT2D eigenvalue weighted by Crippen LogP contribution is -2.51. The molecule has 0 aliphatic carbocycles. The number of carbonyl (C=O) groups excluding carboxylic acids is 3. The number of hydrogen-bond donors (Lipinski definition) is 2. The van der Waals surface area contributed by atoms with E-state index >= 15 is 0 Å². The van der Waals surface area contributed by atoms with Crippen molar-refractivity contribution in [1.29, 1.82) is 0 Å². The van der Waals surface area contributed by atoms with E-state index in [1.54, 1.807) is 4.90 Å². The summed E-state index contributed by atoms with van der Waals surface area (Å²) in [6, 6.07) is 12.5. The zero-order chi connectivity index (χ0) is 22.2. The van der Waals surface area contributed by atoms with Crippen LogP contribution in [0.3, 0.4) is 0 Å². The molecule has 3 rings (SSSR count). The molecule has 0 radical (unpaired) electrons. The summed E-state index contributed by atoms with van der Waals surface area (Å²) in [4.78, 5) is 40.1. The molecule has 0 bridgehead atoms. The largest absolute Gasteiger partial charge is 0.345 e. The topological polar surface area (TPSA) is 81.8 Å². The lowest BCUT2D eigenvalue weighted by molar-refractivity contribution is -0.134. The van der Waals surface area contributed by atoms with E-state index in [4.69, 9.17) is 0 Å². The number of amides is 3. The minimum atomic E-state index is -0.885. The van der Waals surface area contributed by atoms with E-state index in [1.807, 2.05) is 18.2 Å². The van der Waals surface area contributed by atoms with Crippen LogP contribution >= 0.6 is 0 Å². The van der Waals surface area contributed by atoms with Crippen LogP contribution in [0.1, 0.15) is 15.9 Å². The Labute approximate surface area is 179 Å². The normalized spacial score (nSPS) is 14.2. The molecule has 1 aliphatic heterocycles. The molecule has 0 spiro atoms. The molecule has 0 unspecified atom stereocenters. The number of nitrogens with one attached hydrogen (secondary N) is 2. The van der Waals surface area contributed by atoms with Crippen LogP contribution < -0.4 is 10.6 Å². The molecule has 164 valence electrons. The molecule has 3 amide bonds. The third-order valence-electron chi connectivity index (χ3n) is 4.95. The Kier molecular flexibility index (Phi) is 7.66. The Morgan fingerprint density at radius 2 is 1.48 bits per heavy atom. The second-order valence-electron chi connectivity index (χ2n) is 7.26. The highest BCUT2D eigenvalue weighted by atomic mass is 19.1. The van der Waals surface area contributed by atoms with E-state index in [-0.39, 0.29) is 18.0 Å². The van der Waals surface area contributed by atoms with Crippen molar-refractivity contribution in [3.05, 3.63) is 71.3 Å². The van der Waals surface area contributed by atoms with Crippen molar-refractivity contribution in [2.75, 3.05) is 39.3 Å². The van der Waals surface area contributed by atoms with Crippen molar-refractivity contribution in [1.82, 2.24) is 20.4 Å². The molecule has 0 aromatic heterocycles. The maximum atomic E-state index is 13.2. The summed E-state index contributed by atoms with van der Waals surface area (Å²) < 4.78 is 26.3. The van der Waals surface area contributed by atoms with Crippen LogP contribution in [0.4, 0.5) is 8.78 Å². The van der Waals surface area contributed by atoms with Gasteiger partial charge in [-0.15, -0.1) is 0 Å². The molecule has 1 heterocycles. The molecule has 2 N–H and O–H groups in total. The summed E-state index contributed by atoms with van der Waals surface area (Å²) in [5, 5.41) is 4.72. The van der Waals surface area contributed by atoms with Gasteiger partial charge in [0.25, 0.3) is 5.91 Å². The predicted octanol–water partition coefficient (Wildman–Crippen LogP) is 1.16. The lowest BCUT2D eigenvalue weighted by atomic mass is 10.2. The number of nitrogens with zero attached hydrogens (tertiary/aromatic N) is 2. The first kappa shape index (κ1) is 22.4. The highest BCUT2D eigenvalue weighted by Crippen LogP contribution is 2.09. The SMILES string of the molecule is O=C(CNC(=O)c1cc(F)cc(F)c1)NCC(=O)N1CCN(Cc2ccccc2)CC1. The third kappa shape index (κ3) is 6.85. The van der Waals surface area contributed by atoms with Crippen molar-refractivity contribution in [2.45, 2.75) is 6.54 Å². The molecule has 0 atom stereocenters. The van der Waals surface area contributed by atoms with Gasteiger partial charge in [-0.1, -0.05) is 30.3 Å². The molecule has 7 nitrogen and oxygen atoms in total. The zero-order valence-corrected chi connectivity index (χ0v) is 16.9. The molecule has 31 heavy (non-hydrogen) atoms. The van der Waals surface area contributed by atoms with Gasteiger partial charge in [-0.25, -0.2) is 8.78 Å². The second kappa shape index (κ2) is 10.6. The summed E-state index contributed by atoms with van der Waals surface area (Å²) in [5.74, 6) is -3.32. The highest BCUT2D eigenvalue weighted by molar-refractivity contribution is 5.96. The van der Waals surface area contributed by atoms with Crippen molar-refractivity contribution < 1.29 is 23.2 Å². The Morgan fingerprint density at radius 3 is 2.13 bits per heavy atom. The monoisotopic (exact) mass is 430 g/mol. The fraction of sp³-hybridized carbons (Fsp3) is 0.318. The van der Waals surface area contributed by atoms with E-state index in [1.165, 1.54) is 5.56 Å². The zero-order valence-electron chi connectivity index (χ0n) is 16.9. The van der Waals surface area contributed by atoms with Crippen molar-refractivity contribution in [3.8, 4) is 0 Å². The Morgan fingerprint density at radius 1 is 0.839 bits per heavy atom. The maximum Gasteiger partial charge on any atom is 0.251 e. The number of hydrogen-bond acceptors (Lipinski definition) is 4. The van der Waals surface area contributed by atoms with Crippen LogP contribution in [0.2, 0.25) is 0 Å². The van der Waals surface area contributed by atoms with Gasteiger partial charge in [0, 0.05) is 44.4 Å². The van der Waals surface area contributed by atoms with Crippen LogP contribution in [0, 0.1) is 11.6 Å². The number of halogens is 2. The lowest BCUT2D eigenvalue weighted by Gasteiger charge is -2.34. The molecule has 0 saturated carbocycles. The van der Waals surface area contributed by atoms with Crippen molar-refractivity contribution in [3.63, 3.8) is 0 Å². The minimum absolute atomic E-state index is 0.179. The Bertz CT molecular complexity index is 911. The molecule has 2 aromatic rings. The van der Waals surface area contributed by atoms with Gasteiger partial charge in [0.1, 0.15) is 11.6 Å². The van der Waals surface area contributed by atoms with Gasteiger partial charge in [-0.2, -0.15) is 0 Å². The molecule has 1 aliphatic rings. The quantitative estimate of drug-likeness (QED) is 0.691. The van der Waals surface area contributed by atoms with Crippen LogP contribution in [-0.2, 0) is 16.1 Å². The van der Waals surface area contributed by atoms with Gasteiger partial charge >= 0.3 is 0 Å². The van der Waals surface area contributed by atoms with Gasteiger partial charge < -0.3 is 15.5 Å². The Hall–Kier alpha value is -3.33. The molecule has 2 aromatic carbocycles. The van der Waals surface area contributed by atoms with E-state index in [9.17, 15) is 23.2 Å². The summed E-state index contributed by atoms with van der Waals surface area (Å²) >= 11 is 0. The van der Waals surface area contributed by atoms with E-state index in [0.717, 1.165) is 31.8 Å². The summed E-state index contributed by atoms with van der Waals surface area (Å²) in [7, 11) is 0. The fourth-order valence-electron chi connectivity index (χ4n) is 3.29. The van der Waals surface area contributed by atoms with Crippen LogP contribution in [0.25, 0.3) is 0 Å². The van der Waals surface area contributed by atoms with Gasteiger partial charge in [0.05, 0.1) is 13.1 Å². The first-order chi connectivity index (χ1) is 14.9. The average Bonchev–Trinajstić information content (AvgIpc) is 2.76.